The third kappa shape index (κ3) is 51.6. The van der Waals surface area contributed by atoms with Gasteiger partial charge in [0.1, 0.15) is 13.2 Å². The summed E-state index contributed by atoms with van der Waals surface area (Å²) in [5, 5.41) is 0. The summed E-state index contributed by atoms with van der Waals surface area (Å²) in [4.78, 5) is 38.0. The number of esters is 3. The first-order valence-corrected chi connectivity index (χ1v) is 27.6. The van der Waals surface area contributed by atoms with Gasteiger partial charge in [0.2, 0.25) is 0 Å². The Hall–Kier alpha value is -3.41. The second kappa shape index (κ2) is 54.2. The molecule has 0 amide bonds. The van der Waals surface area contributed by atoms with Crippen molar-refractivity contribution in [1.82, 2.24) is 0 Å². The van der Waals surface area contributed by atoms with Crippen LogP contribution in [0.25, 0.3) is 0 Å². The molecule has 0 aromatic rings. The Morgan fingerprint density at radius 3 is 0.939 bits per heavy atom. The summed E-state index contributed by atoms with van der Waals surface area (Å²) < 4.78 is 16.8. The maximum Gasteiger partial charge on any atom is 0.306 e. The third-order valence-corrected chi connectivity index (χ3v) is 11.6. The molecule has 0 bridgehead atoms. The van der Waals surface area contributed by atoms with Crippen LogP contribution in [0.4, 0.5) is 0 Å². The van der Waals surface area contributed by atoms with Crippen molar-refractivity contribution in [3.05, 3.63) is 85.1 Å². The van der Waals surface area contributed by atoms with Crippen LogP contribution in [-0.4, -0.2) is 37.2 Å². The highest BCUT2D eigenvalue weighted by Crippen LogP contribution is 2.15. The molecule has 0 saturated heterocycles. The van der Waals surface area contributed by atoms with Gasteiger partial charge in [-0.05, 0) is 103 Å². The average molecular weight is 919 g/mol. The number of rotatable bonds is 49. The highest BCUT2D eigenvalue weighted by molar-refractivity contribution is 5.71. The molecule has 0 aromatic carbocycles. The lowest BCUT2D eigenvalue weighted by Gasteiger charge is -2.18. The number of carbonyl (C=O) groups is 3. The molecule has 0 aromatic heterocycles. The van der Waals surface area contributed by atoms with E-state index in [1.54, 1.807) is 0 Å². The van der Waals surface area contributed by atoms with E-state index in [1.165, 1.54) is 103 Å². The van der Waals surface area contributed by atoms with Crippen molar-refractivity contribution in [2.24, 2.45) is 0 Å². The van der Waals surface area contributed by atoms with Gasteiger partial charge >= 0.3 is 17.9 Å². The molecule has 0 rings (SSSR count). The Bertz CT molecular complexity index is 1290. The first kappa shape index (κ1) is 62.6. The molecule has 0 N–H and O–H groups in total. The lowest BCUT2D eigenvalue weighted by atomic mass is 10.1. The van der Waals surface area contributed by atoms with E-state index >= 15 is 0 Å². The molecule has 1 unspecified atom stereocenters. The van der Waals surface area contributed by atoms with Crippen LogP contribution in [0.15, 0.2) is 85.1 Å². The van der Waals surface area contributed by atoms with Crippen molar-refractivity contribution in [1.29, 1.82) is 0 Å². The predicted octanol–water partition coefficient (Wildman–Crippen LogP) is 18.4. The Labute approximate surface area is 407 Å². The molecule has 0 aliphatic carbocycles. The third-order valence-electron chi connectivity index (χ3n) is 11.6. The zero-order chi connectivity index (χ0) is 47.9. The largest absolute Gasteiger partial charge is 0.462 e. The van der Waals surface area contributed by atoms with Crippen LogP contribution >= 0.6 is 0 Å². The minimum absolute atomic E-state index is 0.0871. The van der Waals surface area contributed by atoms with Gasteiger partial charge in [-0.15, -0.1) is 0 Å². The van der Waals surface area contributed by atoms with Gasteiger partial charge in [-0.3, -0.25) is 14.4 Å². The standard InChI is InChI=1S/C60H102O6/c1-4-7-10-13-16-19-22-24-26-27-28-29-30-31-32-33-34-36-38-41-44-47-50-53-59(62)65-56-57(55-64-58(61)52-49-46-43-40-37-21-18-15-12-9-6-3)66-60(63)54-51-48-45-42-39-35-25-23-20-17-14-11-8-5-2/h7,10,14-19,23-26,28-29,57H,4-6,8-9,11-13,20-22,27,30-56H2,1-3H3/b10-7-,17-14-,18-15-,19-16-,25-23-,26-24-,29-28-. The molecule has 0 fully saturated rings. The van der Waals surface area contributed by atoms with Crippen molar-refractivity contribution in [2.75, 3.05) is 13.2 Å². The average Bonchev–Trinajstić information content (AvgIpc) is 3.31. The molecule has 1 atom stereocenters. The van der Waals surface area contributed by atoms with Gasteiger partial charge in [-0.2, -0.15) is 0 Å². The van der Waals surface area contributed by atoms with Gasteiger partial charge in [-0.25, -0.2) is 0 Å². The van der Waals surface area contributed by atoms with E-state index in [0.717, 1.165) is 116 Å². The summed E-state index contributed by atoms with van der Waals surface area (Å²) in [6, 6.07) is 0. The normalized spacial score (nSPS) is 12.7. The fourth-order valence-electron chi connectivity index (χ4n) is 7.43. The van der Waals surface area contributed by atoms with Crippen molar-refractivity contribution < 1.29 is 28.6 Å². The van der Waals surface area contributed by atoms with Crippen LogP contribution < -0.4 is 0 Å². The number of hydrogen-bond acceptors (Lipinski definition) is 6. The van der Waals surface area contributed by atoms with E-state index in [4.69, 9.17) is 14.2 Å². The van der Waals surface area contributed by atoms with E-state index in [0.29, 0.717) is 19.3 Å². The summed E-state index contributed by atoms with van der Waals surface area (Å²) in [5.74, 6) is -0.913. The molecular formula is C60H102O6. The molecule has 6 nitrogen and oxygen atoms in total. The molecule has 378 valence electrons. The fraction of sp³-hybridized carbons (Fsp3) is 0.717. The quantitative estimate of drug-likeness (QED) is 0.0262. The van der Waals surface area contributed by atoms with Crippen LogP contribution in [0.5, 0.6) is 0 Å². The fourth-order valence-corrected chi connectivity index (χ4v) is 7.43. The van der Waals surface area contributed by atoms with Gasteiger partial charge in [0, 0.05) is 19.3 Å². The van der Waals surface area contributed by atoms with Gasteiger partial charge < -0.3 is 14.2 Å². The Balaban J connectivity index is 4.31. The highest BCUT2D eigenvalue weighted by Gasteiger charge is 2.19. The second-order valence-electron chi connectivity index (χ2n) is 18.1. The van der Waals surface area contributed by atoms with Crippen molar-refractivity contribution in [3.8, 4) is 0 Å². The molecule has 6 heteroatoms. The Kier molecular flexibility index (Phi) is 51.4. The first-order chi connectivity index (χ1) is 32.5. The topological polar surface area (TPSA) is 78.9 Å². The summed E-state index contributed by atoms with van der Waals surface area (Å²) in [7, 11) is 0. The SMILES string of the molecule is CC/C=C\C/C=C\C/C=C\C/C=C\CCCCCCCCCCCCC(=O)OCC(COC(=O)CCCCCCC/C=C\CCCC)OC(=O)CCCCCCC/C=C\C/C=C\CCCC. The van der Waals surface area contributed by atoms with Gasteiger partial charge in [0.15, 0.2) is 6.10 Å². The maximum atomic E-state index is 12.8. The minimum atomic E-state index is -0.788. The Morgan fingerprint density at radius 1 is 0.318 bits per heavy atom. The van der Waals surface area contributed by atoms with Crippen LogP contribution in [0.2, 0.25) is 0 Å². The first-order valence-electron chi connectivity index (χ1n) is 27.6. The van der Waals surface area contributed by atoms with Crippen LogP contribution in [0.1, 0.15) is 258 Å². The summed E-state index contributed by atoms with van der Waals surface area (Å²) in [6.45, 7) is 6.43. The molecule has 0 saturated carbocycles. The summed E-state index contributed by atoms with van der Waals surface area (Å²) >= 11 is 0. The maximum absolute atomic E-state index is 12.8. The lowest BCUT2D eigenvalue weighted by molar-refractivity contribution is -0.167. The Morgan fingerprint density at radius 2 is 0.591 bits per heavy atom. The molecule has 0 radical (unpaired) electrons. The van der Waals surface area contributed by atoms with E-state index in [-0.39, 0.29) is 31.1 Å². The van der Waals surface area contributed by atoms with Crippen molar-refractivity contribution in [2.45, 2.75) is 264 Å². The zero-order valence-electron chi connectivity index (χ0n) is 43.2. The smallest absolute Gasteiger partial charge is 0.306 e. The van der Waals surface area contributed by atoms with Gasteiger partial charge in [0.25, 0.3) is 0 Å². The highest BCUT2D eigenvalue weighted by atomic mass is 16.6. The van der Waals surface area contributed by atoms with Crippen LogP contribution in [0, 0.1) is 0 Å². The number of allylic oxidation sites excluding steroid dienone is 14. The number of ether oxygens (including phenoxy) is 3. The number of carbonyl (C=O) groups excluding carboxylic acids is 3. The van der Waals surface area contributed by atoms with Crippen LogP contribution in [0.3, 0.4) is 0 Å². The van der Waals surface area contributed by atoms with E-state index in [2.05, 4.69) is 106 Å². The summed E-state index contributed by atoms with van der Waals surface area (Å²) in [6.07, 6.45) is 70.0. The van der Waals surface area contributed by atoms with E-state index in [1.807, 2.05) is 0 Å². The van der Waals surface area contributed by atoms with Crippen LogP contribution in [-0.2, 0) is 28.6 Å². The van der Waals surface area contributed by atoms with Crippen molar-refractivity contribution >= 4 is 17.9 Å². The molecule has 66 heavy (non-hydrogen) atoms. The van der Waals surface area contributed by atoms with E-state index < -0.39 is 6.10 Å². The minimum Gasteiger partial charge on any atom is -0.462 e. The lowest BCUT2D eigenvalue weighted by Crippen LogP contribution is -2.30. The zero-order valence-corrected chi connectivity index (χ0v) is 43.2. The monoisotopic (exact) mass is 919 g/mol. The van der Waals surface area contributed by atoms with Gasteiger partial charge in [-0.1, -0.05) is 221 Å². The molecule has 0 aliphatic rings. The van der Waals surface area contributed by atoms with Gasteiger partial charge in [0.05, 0.1) is 0 Å². The number of unbranched alkanes of at least 4 members (excludes halogenated alkanes) is 24. The summed E-state index contributed by atoms with van der Waals surface area (Å²) in [5.41, 5.74) is 0. The second-order valence-corrected chi connectivity index (χ2v) is 18.1. The molecule has 0 spiro atoms. The molecular weight excluding hydrogens is 817 g/mol. The predicted molar refractivity (Wildman–Crippen MR) is 284 cm³/mol. The number of hydrogen-bond donors (Lipinski definition) is 0. The molecule has 0 heterocycles. The van der Waals surface area contributed by atoms with E-state index in [9.17, 15) is 14.4 Å². The molecule has 0 aliphatic heterocycles. The van der Waals surface area contributed by atoms with Crippen molar-refractivity contribution in [3.63, 3.8) is 0 Å².